The number of anilines is 2. The zero-order chi connectivity index (χ0) is 16.8. The maximum atomic E-state index is 14.9. The molecule has 1 saturated carbocycles. The van der Waals surface area contributed by atoms with Gasteiger partial charge in [-0.25, -0.2) is 9.40 Å². The van der Waals surface area contributed by atoms with Crippen molar-refractivity contribution in [1.29, 1.82) is 0 Å². The van der Waals surface area contributed by atoms with E-state index in [2.05, 4.69) is 25.6 Å². The number of hydrogen-bond donors (Lipinski definition) is 2. The Hall–Kier alpha value is -1.08. The van der Waals surface area contributed by atoms with Crippen LogP contribution in [0.15, 0.2) is 6.07 Å². The molecule has 0 radical (unpaired) electrons. The van der Waals surface area contributed by atoms with Crippen molar-refractivity contribution in [2.24, 2.45) is 0 Å². The molecule has 1 aromatic carbocycles. The van der Waals surface area contributed by atoms with Crippen LogP contribution in [-0.4, -0.2) is 50.9 Å². The van der Waals surface area contributed by atoms with E-state index in [4.69, 9.17) is 11.6 Å². The summed E-state index contributed by atoms with van der Waals surface area (Å²) >= 11 is 6.78. The topological polar surface area (TPSA) is 33.8 Å². The molecule has 1 saturated heterocycles. The van der Waals surface area contributed by atoms with Gasteiger partial charge >= 0.3 is 0 Å². The van der Waals surface area contributed by atoms with E-state index in [1.807, 2.05) is 14.1 Å². The van der Waals surface area contributed by atoms with Crippen LogP contribution in [0.2, 0.25) is 5.02 Å². The first-order chi connectivity index (χ1) is 11.6. The first kappa shape index (κ1) is 16.4. The maximum absolute atomic E-state index is 14.9. The summed E-state index contributed by atoms with van der Waals surface area (Å²) in [5.41, 5.74) is 5.77. The van der Waals surface area contributed by atoms with Crippen LogP contribution in [0.4, 0.5) is 15.8 Å². The summed E-state index contributed by atoms with van der Waals surface area (Å²) in [5.74, 6) is -0.204. The minimum absolute atomic E-state index is 0.204. The second-order valence-electron chi connectivity index (χ2n) is 7.01. The molecule has 0 amide bonds. The van der Waals surface area contributed by atoms with Gasteiger partial charge in [0.1, 0.15) is 5.82 Å². The molecule has 1 aliphatic carbocycles. The van der Waals surface area contributed by atoms with Crippen LogP contribution >= 0.6 is 11.6 Å². The van der Waals surface area contributed by atoms with Crippen LogP contribution in [-0.2, 0) is 6.54 Å². The fraction of sp³-hybridized carbons (Fsp3) is 0.647. The normalized spacial score (nSPS) is 24.6. The number of benzene rings is 1. The monoisotopic (exact) mass is 353 g/mol. The Bertz CT molecular complexity index is 636. The summed E-state index contributed by atoms with van der Waals surface area (Å²) in [6.07, 6.45) is 3.39. The lowest BCUT2D eigenvalue weighted by Gasteiger charge is -2.39. The summed E-state index contributed by atoms with van der Waals surface area (Å²) in [5, 5.41) is 5.97. The van der Waals surface area contributed by atoms with E-state index in [9.17, 15) is 4.39 Å². The van der Waals surface area contributed by atoms with Crippen molar-refractivity contribution in [1.82, 2.24) is 15.8 Å². The van der Waals surface area contributed by atoms with Crippen molar-refractivity contribution in [3.05, 3.63) is 22.5 Å². The molecule has 132 valence electrons. The van der Waals surface area contributed by atoms with Crippen LogP contribution in [0.1, 0.15) is 24.8 Å². The van der Waals surface area contributed by atoms with Crippen molar-refractivity contribution >= 4 is 23.0 Å². The van der Waals surface area contributed by atoms with E-state index in [0.717, 1.165) is 37.4 Å². The van der Waals surface area contributed by atoms with E-state index < -0.39 is 0 Å². The fourth-order valence-corrected chi connectivity index (χ4v) is 4.35. The van der Waals surface area contributed by atoms with Crippen LogP contribution in [0.25, 0.3) is 0 Å². The summed E-state index contributed by atoms with van der Waals surface area (Å²) < 4.78 is 14.9. The minimum atomic E-state index is -0.204. The highest BCUT2D eigenvalue weighted by Crippen LogP contribution is 2.46. The van der Waals surface area contributed by atoms with Gasteiger partial charge in [-0.2, -0.15) is 0 Å². The lowest BCUT2D eigenvalue weighted by atomic mass is 10.1. The van der Waals surface area contributed by atoms with Crippen molar-refractivity contribution in [3.63, 3.8) is 0 Å². The van der Waals surface area contributed by atoms with Crippen LogP contribution in [0.5, 0.6) is 0 Å². The highest BCUT2D eigenvalue weighted by atomic mass is 35.5. The Kier molecular flexibility index (Phi) is 4.33. The first-order valence-corrected chi connectivity index (χ1v) is 9.12. The molecule has 0 spiro atoms. The third-order valence-corrected chi connectivity index (χ3v) is 5.79. The number of nitrogens with one attached hydrogen (secondary N) is 2. The Balaban J connectivity index is 1.74. The van der Waals surface area contributed by atoms with Crippen molar-refractivity contribution in [2.45, 2.75) is 37.9 Å². The van der Waals surface area contributed by atoms with Crippen LogP contribution in [0, 0.1) is 5.82 Å². The number of likely N-dealkylation sites (N-methyl/N-ethyl adjacent to an activating group) is 1. The zero-order valence-corrected chi connectivity index (χ0v) is 15.0. The summed E-state index contributed by atoms with van der Waals surface area (Å²) in [6.45, 7) is 3.11. The van der Waals surface area contributed by atoms with Gasteiger partial charge < -0.3 is 15.1 Å². The Morgan fingerprint density at radius 3 is 2.62 bits per heavy atom. The van der Waals surface area contributed by atoms with Gasteiger partial charge in [-0.1, -0.05) is 11.6 Å². The Morgan fingerprint density at radius 1 is 1.21 bits per heavy atom. The molecule has 0 bridgehead atoms. The number of halogens is 2. The number of nitrogens with zero attached hydrogens (tertiary/aromatic N) is 3. The van der Waals surface area contributed by atoms with Gasteiger partial charge in [0, 0.05) is 31.7 Å². The number of fused-ring (bicyclic) bond motifs is 1. The van der Waals surface area contributed by atoms with Crippen LogP contribution < -0.4 is 20.5 Å². The van der Waals surface area contributed by atoms with Gasteiger partial charge in [0.25, 0.3) is 0 Å². The number of rotatable bonds is 4. The molecule has 7 heteroatoms. The minimum Gasteiger partial charge on any atom is -0.366 e. The summed E-state index contributed by atoms with van der Waals surface area (Å²) in [7, 11) is 3.87. The molecule has 1 aromatic rings. The van der Waals surface area contributed by atoms with E-state index in [1.165, 1.54) is 12.8 Å². The zero-order valence-electron chi connectivity index (χ0n) is 14.3. The SMILES string of the molecule is CN[C@H]1CCN(c2c(F)cc3c(c2Cl)N(C2CC2)CN(NC)C3)C1. The van der Waals surface area contributed by atoms with Gasteiger partial charge in [0.2, 0.25) is 0 Å². The molecular formula is C17H25ClFN5. The molecule has 2 fully saturated rings. The molecule has 5 nitrogen and oxygen atoms in total. The van der Waals surface area contributed by atoms with E-state index >= 15 is 0 Å². The molecule has 2 aliphatic heterocycles. The highest BCUT2D eigenvalue weighted by molar-refractivity contribution is 6.36. The predicted octanol–water partition coefficient (Wildman–Crippen LogP) is 2.15. The predicted molar refractivity (Wildman–Crippen MR) is 96.1 cm³/mol. The second-order valence-corrected chi connectivity index (χ2v) is 7.39. The Labute approximate surface area is 147 Å². The average Bonchev–Trinajstić information content (AvgIpc) is 3.32. The maximum Gasteiger partial charge on any atom is 0.148 e. The van der Waals surface area contributed by atoms with Gasteiger partial charge in [-0.05, 0) is 45.0 Å². The molecular weight excluding hydrogens is 329 g/mol. The quantitative estimate of drug-likeness (QED) is 0.867. The average molecular weight is 354 g/mol. The molecule has 0 unspecified atom stereocenters. The fourth-order valence-electron chi connectivity index (χ4n) is 3.91. The van der Waals surface area contributed by atoms with Crippen LogP contribution in [0.3, 0.4) is 0 Å². The van der Waals surface area contributed by atoms with E-state index in [0.29, 0.717) is 29.3 Å². The van der Waals surface area contributed by atoms with Crippen molar-refractivity contribution in [3.8, 4) is 0 Å². The van der Waals surface area contributed by atoms with Crippen molar-refractivity contribution < 1.29 is 4.39 Å². The largest absolute Gasteiger partial charge is 0.366 e. The lowest BCUT2D eigenvalue weighted by Crippen LogP contribution is -2.48. The smallest absolute Gasteiger partial charge is 0.148 e. The molecule has 3 aliphatic rings. The van der Waals surface area contributed by atoms with Crippen molar-refractivity contribution in [2.75, 3.05) is 43.7 Å². The van der Waals surface area contributed by atoms with Gasteiger partial charge in [0.05, 0.1) is 23.1 Å². The Morgan fingerprint density at radius 2 is 2.00 bits per heavy atom. The molecule has 0 aromatic heterocycles. The van der Waals surface area contributed by atoms with Gasteiger partial charge in [0.15, 0.2) is 0 Å². The molecule has 2 N–H and O–H groups in total. The molecule has 24 heavy (non-hydrogen) atoms. The standard InChI is InChI=1S/C17H25ClFN5/c1-20-12-5-6-22(9-12)17-14(19)7-11-8-23(21-2)10-24(13-3-4-13)16(11)15(17)18/h7,12-13,20-21H,3-6,8-10H2,1-2H3/t12-/m0/s1. The lowest BCUT2D eigenvalue weighted by molar-refractivity contribution is 0.186. The molecule has 4 rings (SSSR count). The summed E-state index contributed by atoms with van der Waals surface area (Å²) in [4.78, 5) is 4.43. The number of hydrogen-bond acceptors (Lipinski definition) is 5. The highest BCUT2D eigenvalue weighted by Gasteiger charge is 2.38. The van der Waals surface area contributed by atoms with E-state index in [-0.39, 0.29) is 5.82 Å². The molecule has 1 atom stereocenters. The molecule has 2 heterocycles. The number of hydrazine groups is 1. The second kappa shape index (κ2) is 6.33. The van der Waals surface area contributed by atoms with Gasteiger partial charge in [-0.3, -0.25) is 5.43 Å². The van der Waals surface area contributed by atoms with Gasteiger partial charge in [-0.15, -0.1) is 0 Å². The third kappa shape index (κ3) is 2.75. The summed E-state index contributed by atoms with van der Waals surface area (Å²) in [6, 6.07) is 2.61. The van der Waals surface area contributed by atoms with E-state index in [1.54, 1.807) is 6.07 Å². The third-order valence-electron chi connectivity index (χ3n) is 5.44. The first-order valence-electron chi connectivity index (χ1n) is 8.74.